The Bertz CT molecular complexity index is 753. The number of sulfonamides is 1. The molecule has 1 aromatic carbocycles. The number of rotatable bonds is 11. The summed E-state index contributed by atoms with van der Waals surface area (Å²) in [5.74, 6) is -0.642. The van der Waals surface area contributed by atoms with Crippen molar-refractivity contribution in [1.29, 1.82) is 0 Å². The fourth-order valence-electron chi connectivity index (χ4n) is 3.78. The van der Waals surface area contributed by atoms with Gasteiger partial charge in [-0.25, -0.2) is 8.42 Å². The molecule has 1 saturated carbocycles. The summed E-state index contributed by atoms with van der Waals surface area (Å²) >= 11 is 3.35. The lowest BCUT2D eigenvalue weighted by Crippen LogP contribution is -2.28. The summed E-state index contributed by atoms with van der Waals surface area (Å²) in [4.78, 5) is 10.6. The largest absolute Gasteiger partial charge is 0.481 e. The van der Waals surface area contributed by atoms with Gasteiger partial charge in [0.2, 0.25) is 10.0 Å². The molecule has 0 spiro atoms. The number of anilines is 1. The molecule has 1 aliphatic carbocycles. The maximum absolute atomic E-state index is 12.6. The Labute approximate surface area is 176 Å². The Balaban J connectivity index is 1.90. The summed E-state index contributed by atoms with van der Waals surface area (Å²) in [6, 6.07) is 7.13. The molecule has 28 heavy (non-hydrogen) atoms. The second-order valence-electron chi connectivity index (χ2n) is 7.70. The van der Waals surface area contributed by atoms with E-state index in [-0.39, 0.29) is 17.6 Å². The van der Waals surface area contributed by atoms with Crippen molar-refractivity contribution in [3.63, 3.8) is 0 Å². The van der Waals surface area contributed by atoms with Gasteiger partial charge in [0.05, 0.1) is 5.75 Å². The van der Waals surface area contributed by atoms with E-state index in [1.54, 1.807) is 12.1 Å². The van der Waals surface area contributed by atoms with E-state index in [9.17, 15) is 13.2 Å². The van der Waals surface area contributed by atoms with Crippen molar-refractivity contribution in [1.82, 2.24) is 0 Å². The van der Waals surface area contributed by atoms with E-state index in [0.717, 1.165) is 43.0 Å². The quantitative estimate of drug-likeness (QED) is 0.318. The van der Waals surface area contributed by atoms with Crippen LogP contribution in [-0.4, -0.2) is 25.2 Å². The highest BCUT2D eigenvalue weighted by atomic mass is 79.9. The van der Waals surface area contributed by atoms with Gasteiger partial charge in [-0.05, 0) is 68.2 Å². The molecule has 0 aromatic heterocycles. The van der Waals surface area contributed by atoms with Gasteiger partial charge in [-0.15, -0.1) is 0 Å². The zero-order valence-electron chi connectivity index (χ0n) is 16.2. The Morgan fingerprint density at radius 1 is 1.14 bits per heavy atom. The minimum atomic E-state index is -3.39. The molecular weight excluding hydrogens is 442 g/mol. The Kier molecular flexibility index (Phi) is 9.02. The van der Waals surface area contributed by atoms with Crippen molar-refractivity contribution in [3.05, 3.63) is 40.9 Å². The SMILES string of the molecule is O=C(O)CCC/C=C\CC1(CCS(=O)(=O)Nc2ccc(Br)cc2)CCCCC1. The molecule has 0 aliphatic heterocycles. The number of halogens is 1. The van der Waals surface area contributed by atoms with Crippen LogP contribution in [-0.2, 0) is 14.8 Å². The van der Waals surface area contributed by atoms with E-state index < -0.39 is 16.0 Å². The lowest BCUT2D eigenvalue weighted by molar-refractivity contribution is -0.137. The number of allylic oxidation sites excluding steroid dienone is 2. The van der Waals surface area contributed by atoms with E-state index >= 15 is 0 Å². The lowest BCUT2D eigenvalue weighted by Gasteiger charge is -2.36. The topological polar surface area (TPSA) is 83.5 Å². The molecule has 7 heteroatoms. The van der Waals surface area contributed by atoms with Crippen LogP contribution in [0.5, 0.6) is 0 Å². The molecule has 2 N–H and O–H groups in total. The van der Waals surface area contributed by atoms with E-state index in [0.29, 0.717) is 18.5 Å². The Hall–Kier alpha value is -1.34. The molecule has 0 bridgehead atoms. The van der Waals surface area contributed by atoms with Gasteiger partial charge in [-0.3, -0.25) is 9.52 Å². The van der Waals surface area contributed by atoms with Crippen LogP contribution in [0.25, 0.3) is 0 Å². The van der Waals surface area contributed by atoms with Gasteiger partial charge in [0.1, 0.15) is 0 Å². The summed E-state index contributed by atoms with van der Waals surface area (Å²) in [5.41, 5.74) is 0.620. The van der Waals surface area contributed by atoms with Crippen molar-refractivity contribution >= 4 is 37.6 Å². The van der Waals surface area contributed by atoms with Crippen LogP contribution in [0.2, 0.25) is 0 Å². The second kappa shape index (κ2) is 11.0. The Morgan fingerprint density at radius 2 is 1.82 bits per heavy atom. The van der Waals surface area contributed by atoms with Gasteiger partial charge in [0.25, 0.3) is 0 Å². The normalized spacial score (nSPS) is 16.9. The molecule has 0 atom stereocenters. The first-order valence-electron chi connectivity index (χ1n) is 9.93. The summed E-state index contributed by atoms with van der Waals surface area (Å²) < 4.78 is 28.7. The van der Waals surface area contributed by atoms with Crippen LogP contribution in [0.1, 0.15) is 64.2 Å². The summed E-state index contributed by atoms with van der Waals surface area (Å²) in [5, 5.41) is 8.69. The van der Waals surface area contributed by atoms with Crippen molar-refractivity contribution in [2.24, 2.45) is 5.41 Å². The maximum atomic E-state index is 12.6. The number of carboxylic acid groups (broad SMARTS) is 1. The average molecular weight is 472 g/mol. The molecule has 5 nitrogen and oxygen atoms in total. The fraction of sp³-hybridized carbons (Fsp3) is 0.571. The number of unbranched alkanes of at least 4 members (excludes halogenated alkanes) is 1. The molecular formula is C21H30BrNO4S. The molecule has 1 aliphatic rings. The van der Waals surface area contributed by atoms with Gasteiger partial charge in [-0.1, -0.05) is 47.3 Å². The third kappa shape index (κ3) is 8.35. The van der Waals surface area contributed by atoms with E-state index in [1.165, 1.54) is 6.42 Å². The van der Waals surface area contributed by atoms with E-state index in [4.69, 9.17) is 5.11 Å². The first-order valence-corrected chi connectivity index (χ1v) is 12.4. The third-order valence-electron chi connectivity index (χ3n) is 5.41. The minimum Gasteiger partial charge on any atom is -0.481 e. The summed E-state index contributed by atoms with van der Waals surface area (Å²) in [6.45, 7) is 0. The first kappa shape index (κ1) is 22.9. The van der Waals surface area contributed by atoms with Crippen LogP contribution in [0.4, 0.5) is 5.69 Å². The van der Waals surface area contributed by atoms with Gasteiger partial charge in [0.15, 0.2) is 0 Å². The van der Waals surface area contributed by atoms with Crippen molar-refractivity contribution in [2.45, 2.75) is 64.2 Å². The highest BCUT2D eigenvalue weighted by Gasteiger charge is 2.32. The Morgan fingerprint density at radius 3 is 2.46 bits per heavy atom. The number of carbonyl (C=O) groups is 1. The maximum Gasteiger partial charge on any atom is 0.303 e. The van der Waals surface area contributed by atoms with Crippen LogP contribution < -0.4 is 4.72 Å². The zero-order valence-corrected chi connectivity index (χ0v) is 18.6. The van der Waals surface area contributed by atoms with Crippen molar-refractivity contribution < 1.29 is 18.3 Å². The predicted molar refractivity (Wildman–Crippen MR) is 117 cm³/mol. The minimum absolute atomic E-state index is 0.0377. The number of hydrogen-bond donors (Lipinski definition) is 2. The van der Waals surface area contributed by atoms with Gasteiger partial charge in [0, 0.05) is 16.6 Å². The smallest absolute Gasteiger partial charge is 0.303 e. The standard InChI is InChI=1S/C21H30BrNO4S/c22-18-9-11-19(12-10-18)23-28(26,27)17-16-21(14-6-3-7-15-21)13-5-2-1-4-8-20(24)25/h2,5,9-12,23H,1,3-4,6-8,13-17H2,(H,24,25)/b5-2-. The molecule has 1 aromatic rings. The van der Waals surface area contributed by atoms with Crippen molar-refractivity contribution in [2.75, 3.05) is 10.5 Å². The molecule has 0 radical (unpaired) electrons. The van der Waals surface area contributed by atoms with E-state index in [1.807, 2.05) is 18.2 Å². The zero-order chi connectivity index (χ0) is 20.5. The third-order valence-corrected chi connectivity index (χ3v) is 7.23. The second-order valence-corrected chi connectivity index (χ2v) is 10.5. The predicted octanol–water partition coefficient (Wildman–Crippen LogP) is 5.73. The fourth-order valence-corrected chi connectivity index (χ4v) is 5.34. The monoisotopic (exact) mass is 471 g/mol. The molecule has 0 unspecified atom stereocenters. The number of nitrogens with one attached hydrogen (secondary N) is 1. The molecule has 2 rings (SSSR count). The molecule has 0 saturated heterocycles. The number of aliphatic carboxylic acids is 1. The first-order chi connectivity index (χ1) is 13.3. The van der Waals surface area contributed by atoms with E-state index in [2.05, 4.69) is 26.7 Å². The van der Waals surface area contributed by atoms with Crippen LogP contribution >= 0.6 is 15.9 Å². The summed E-state index contributed by atoms with van der Waals surface area (Å²) in [7, 11) is -3.39. The van der Waals surface area contributed by atoms with Gasteiger partial charge in [-0.2, -0.15) is 0 Å². The highest BCUT2D eigenvalue weighted by Crippen LogP contribution is 2.43. The summed E-state index contributed by atoms with van der Waals surface area (Å²) in [6.07, 6.45) is 12.9. The molecule has 1 fully saturated rings. The van der Waals surface area contributed by atoms with Crippen LogP contribution in [0.3, 0.4) is 0 Å². The molecule has 156 valence electrons. The lowest BCUT2D eigenvalue weighted by atomic mass is 9.70. The van der Waals surface area contributed by atoms with Gasteiger partial charge < -0.3 is 5.11 Å². The molecule has 0 heterocycles. The highest BCUT2D eigenvalue weighted by molar-refractivity contribution is 9.10. The van der Waals surface area contributed by atoms with Crippen LogP contribution in [0.15, 0.2) is 40.9 Å². The average Bonchev–Trinajstić information content (AvgIpc) is 2.65. The van der Waals surface area contributed by atoms with Crippen LogP contribution in [0, 0.1) is 5.41 Å². The number of benzene rings is 1. The van der Waals surface area contributed by atoms with Crippen molar-refractivity contribution in [3.8, 4) is 0 Å². The molecule has 0 amide bonds. The number of hydrogen-bond acceptors (Lipinski definition) is 3. The van der Waals surface area contributed by atoms with Gasteiger partial charge >= 0.3 is 5.97 Å². The number of carboxylic acids is 1.